The fourth-order valence-corrected chi connectivity index (χ4v) is 4.28. The average Bonchev–Trinajstić information content (AvgIpc) is 3.43. The first-order chi connectivity index (χ1) is 15.3. The molecule has 1 atom stereocenters. The Labute approximate surface area is 182 Å². The standard InChI is InChI=1S/C23H19F2N5O2/c1-23(15-10-26-29(2)12-15)13-30(11-14-5-3-4-6-17(14)23)22(31)18-9-19(32-28-18)16-7-8-20(24)27-21(16)25/h3-10,12H,11,13H2,1-2H3. The second-order valence-corrected chi connectivity index (χ2v) is 8.10. The van der Waals surface area contributed by atoms with Gasteiger partial charge in [-0.3, -0.25) is 9.48 Å². The number of carbonyl (C=O) groups is 1. The lowest BCUT2D eigenvalue weighted by atomic mass is 9.73. The quantitative estimate of drug-likeness (QED) is 0.459. The van der Waals surface area contributed by atoms with Gasteiger partial charge in [0.05, 0.1) is 11.8 Å². The van der Waals surface area contributed by atoms with Crippen LogP contribution in [0.5, 0.6) is 0 Å². The van der Waals surface area contributed by atoms with E-state index in [1.807, 2.05) is 37.6 Å². The van der Waals surface area contributed by atoms with E-state index in [2.05, 4.69) is 28.2 Å². The van der Waals surface area contributed by atoms with Crippen molar-refractivity contribution in [2.75, 3.05) is 6.54 Å². The van der Waals surface area contributed by atoms with Gasteiger partial charge in [-0.2, -0.15) is 18.9 Å². The SMILES string of the molecule is Cn1cc(C2(C)CN(C(=O)c3cc(-c4ccc(F)nc4F)on3)Cc3ccccc32)cn1. The van der Waals surface area contributed by atoms with E-state index in [-0.39, 0.29) is 22.9 Å². The number of rotatable bonds is 3. The van der Waals surface area contributed by atoms with E-state index in [1.54, 1.807) is 9.58 Å². The molecule has 1 amide bonds. The number of amides is 1. The van der Waals surface area contributed by atoms with Crippen LogP contribution in [0.3, 0.4) is 0 Å². The Morgan fingerprint density at radius 2 is 2.00 bits per heavy atom. The highest BCUT2D eigenvalue weighted by atomic mass is 19.1. The van der Waals surface area contributed by atoms with Crippen LogP contribution in [0.2, 0.25) is 0 Å². The summed E-state index contributed by atoms with van der Waals surface area (Å²) < 4.78 is 34.0. The van der Waals surface area contributed by atoms with Crippen molar-refractivity contribution in [3.05, 3.63) is 89.1 Å². The Kier molecular flexibility index (Phi) is 4.61. The van der Waals surface area contributed by atoms with Crippen molar-refractivity contribution in [1.29, 1.82) is 0 Å². The molecule has 1 aromatic carbocycles. The van der Waals surface area contributed by atoms with Gasteiger partial charge in [0.15, 0.2) is 11.5 Å². The zero-order chi connectivity index (χ0) is 22.5. The number of hydrogen-bond donors (Lipinski definition) is 0. The molecule has 0 bridgehead atoms. The molecule has 0 aliphatic carbocycles. The summed E-state index contributed by atoms with van der Waals surface area (Å²) in [5.74, 6) is -2.31. The Morgan fingerprint density at radius 3 is 2.75 bits per heavy atom. The molecule has 0 fully saturated rings. The number of aromatic nitrogens is 4. The van der Waals surface area contributed by atoms with Gasteiger partial charge in [0.1, 0.15) is 0 Å². The van der Waals surface area contributed by atoms with E-state index < -0.39 is 17.3 Å². The fraction of sp³-hybridized carbons (Fsp3) is 0.217. The van der Waals surface area contributed by atoms with Crippen molar-refractivity contribution in [2.24, 2.45) is 7.05 Å². The average molecular weight is 435 g/mol. The molecule has 1 unspecified atom stereocenters. The zero-order valence-electron chi connectivity index (χ0n) is 17.4. The highest BCUT2D eigenvalue weighted by Gasteiger charge is 2.40. The van der Waals surface area contributed by atoms with Crippen LogP contribution in [-0.2, 0) is 19.0 Å². The number of nitrogens with zero attached hydrogens (tertiary/aromatic N) is 5. The summed E-state index contributed by atoms with van der Waals surface area (Å²) in [6.07, 6.45) is 3.76. The Morgan fingerprint density at radius 1 is 1.19 bits per heavy atom. The molecule has 162 valence electrons. The second kappa shape index (κ2) is 7.37. The lowest BCUT2D eigenvalue weighted by molar-refractivity contribution is 0.0685. The number of carbonyl (C=O) groups excluding carboxylic acids is 1. The fourth-order valence-electron chi connectivity index (χ4n) is 4.28. The summed E-state index contributed by atoms with van der Waals surface area (Å²) in [6, 6.07) is 11.6. The minimum atomic E-state index is -1.03. The molecule has 3 aromatic heterocycles. The third kappa shape index (κ3) is 3.26. The first-order valence-corrected chi connectivity index (χ1v) is 10.0. The molecule has 4 heterocycles. The first kappa shape index (κ1) is 20.0. The number of hydrogen-bond acceptors (Lipinski definition) is 5. The first-order valence-electron chi connectivity index (χ1n) is 10.0. The maximum atomic E-state index is 14.0. The summed E-state index contributed by atoms with van der Waals surface area (Å²) >= 11 is 0. The minimum Gasteiger partial charge on any atom is -0.355 e. The van der Waals surface area contributed by atoms with Gasteiger partial charge in [-0.25, -0.2) is 0 Å². The summed E-state index contributed by atoms with van der Waals surface area (Å²) in [6.45, 7) is 2.89. The third-order valence-corrected chi connectivity index (χ3v) is 5.92. The van der Waals surface area contributed by atoms with Crippen molar-refractivity contribution in [3.8, 4) is 11.3 Å². The molecular weight excluding hydrogens is 416 g/mol. The van der Waals surface area contributed by atoms with Gasteiger partial charge >= 0.3 is 0 Å². The number of fused-ring (bicyclic) bond motifs is 1. The summed E-state index contributed by atoms with van der Waals surface area (Å²) in [5.41, 5.74) is 2.65. The van der Waals surface area contributed by atoms with Crippen molar-refractivity contribution in [2.45, 2.75) is 18.9 Å². The van der Waals surface area contributed by atoms with Crippen LogP contribution < -0.4 is 0 Å². The molecular formula is C23H19F2N5O2. The van der Waals surface area contributed by atoms with Gasteiger partial charge in [0.2, 0.25) is 11.9 Å². The molecule has 0 N–H and O–H groups in total. The monoisotopic (exact) mass is 435 g/mol. The van der Waals surface area contributed by atoms with Crippen LogP contribution in [0.4, 0.5) is 8.78 Å². The van der Waals surface area contributed by atoms with Crippen LogP contribution in [0.25, 0.3) is 11.3 Å². The minimum absolute atomic E-state index is 0.00535. The summed E-state index contributed by atoms with van der Waals surface area (Å²) in [4.78, 5) is 18.2. The van der Waals surface area contributed by atoms with E-state index in [4.69, 9.17) is 4.52 Å². The molecule has 0 saturated heterocycles. The molecule has 0 radical (unpaired) electrons. The van der Waals surface area contributed by atoms with Crippen LogP contribution in [0.1, 0.15) is 34.1 Å². The highest BCUT2D eigenvalue weighted by molar-refractivity contribution is 5.93. The second-order valence-electron chi connectivity index (χ2n) is 8.10. The molecule has 1 aliphatic heterocycles. The van der Waals surface area contributed by atoms with Gasteiger partial charge in [-0.15, -0.1) is 0 Å². The van der Waals surface area contributed by atoms with Gasteiger partial charge in [0.25, 0.3) is 5.91 Å². The Hall–Kier alpha value is -3.88. The van der Waals surface area contributed by atoms with E-state index in [0.29, 0.717) is 13.1 Å². The van der Waals surface area contributed by atoms with Gasteiger partial charge in [-0.05, 0) is 30.2 Å². The zero-order valence-corrected chi connectivity index (χ0v) is 17.4. The van der Waals surface area contributed by atoms with Crippen LogP contribution >= 0.6 is 0 Å². The molecule has 0 spiro atoms. The Bertz CT molecular complexity index is 1330. The van der Waals surface area contributed by atoms with Crippen LogP contribution in [0.15, 0.2) is 59.4 Å². The molecule has 32 heavy (non-hydrogen) atoms. The van der Waals surface area contributed by atoms with Gasteiger partial charge in [0, 0.05) is 43.4 Å². The normalized spacial score (nSPS) is 17.9. The molecule has 0 saturated carbocycles. The van der Waals surface area contributed by atoms with Crippen molar-refractivity contribution in [1.82, 2.24) is 24.8 Å². The lowest BCUT2D eigenvalue weighted by Crippen LogP contribution is -2.47. The third-order valence-electron chi connectivity index (χ3n) is 5.92. The summed E-state index contributed by atoms with van der Waals surface area (Å²) in [7, 11) is 1.85. The largest absolute Gasteiger partial charge is 0.355 e. The van der Waals surface area contributed by atoms with Crippen LogP contribution in [0, 0.1) is 11.9 Å². The van der Waals surface area contributed by atoms with Gasteiger partial charge in [-0.1, -0.05) is 29.4 Å². The van der Waals surface area contributed by atoms with E-state index >= 15 is 0 Å². The number of halogens is 2. The molecule has 4 aromatic rings. The molecule has 7 nitrogen and oxygen atoms in total. The molecule has 5 rings (SSSR count). The van der Waals surface area contributed by atoms with Crippen LogP contribution in [-0.4, -0.2) is 37.3 Å². The molecule has 1 aliphatic rings. The highest BCUT2D eigenvalue weighted by Crippen LogP contribution is 2.39. The van der Waals surface area contributed by atoms with Gasteiger partial charge < -0.3 is 9.42 Å². The topological polar surface area (TPSA) is 77.0 Å². The molecule has 9 heteroatoms. The number of benzene rings is 1. The van der Waals surface area contributed by atoms with E-state index in [1.165, 1.54) is 12.1 Å². The maximum Gasteiger partial charge on any atom is 0.276 e. The number of aryl methyl sites for hydroxylation is 1. The van der Waals surface area contributed by atoms with Crippen molar-refractivity contribution in [3.63, 3.8) is 0 Å². The Balaban J connectivity index is 1.49. The van der Waals surface area contributed by atoms with E-state index in [0.717, 1.165) is 22.8 Å². The smallest absolute Gasteiger partial charge is 0.276 e. The van der Waals surface area contributed by atoms with Crippen molar-refractivity contribution < 1.29 is 18.1 Å². The predicted molar refractivity (Wildman–Crippen MR) is 110 cm³/mol. The van der Waals surface area contributed by atoms with Crippen molar-refractivity contribution >= 4 is 5.91 Å². The number of pyridine rings is 1. The predicted octanol–water partition coefficient (Wildman–Crippen LogP) is 3.71. The maximum absolute atomic E-state index is 14.0. The lowest BCUT2D eigenvalue weighted by Gasteiger charge is -2.41. The summed E-state index contributed by atoms with van der Waals surface area (Å²) in [5, 5.41) is 8.15. The van der Waals surface area contributed by atoms with E-state index in [9.17, 15) is 13.6 Å².